The van der Waals surface area contributed by atoms with E-state index in [1.54, 1.807) is 35.2 Å². The van der Waals surface area contributed by atoms with Crippen LogP contribution in [0.4, 0.5) is 16.2 Å². The lowest BCUT2D eigenvalue weighted by atomic mass is 10.1. The minimum Gasteiger partial charge on any atom is -0.495 e. The molecular weight excluding hydrogens is 482 g/mol. The summed E-state index contributed by atoms with van der Waals surface area (Å²) in [6.07, 6.45) is 1.79. The van der Waals surface area contributed by atoms with Crippen molar-refractivity contribution in [3.05, 3.63) is 89.0 Å². The number of carboxylic acids is 1. The SMILES string of the molecule is COc1cc(CC(=O)N2CCCC2C#Cc2ccc(C(=O)O)cc2)ccc1N(C(N)=O)c1ccccc1C. The van der Waals surface area contributed by atoms with E-state index in [4.69, 9.17) is 15.6 Å². The van der Waals surface area contributed by atoms with Crippen LogP contribution in [0.25, 0.3) is 0 Å². The number of carbonyl (C=O) groups excluding carboxylic acids is 2. The predicted octanol–water partition coefficient (Wildman–Crippen LogP) is 4.50. The van der Waals surface area contributed by atoms with Crippen LogP contribution in [-0.4, -0.2) is 47.6 Å². The van der Waals surface area contributed by atoms with Gasteiger partial charge in [-0.15, -0.1) is 0 Å². The number of hydrogen-bond donors (Lipinski definition) is 2. The summed E-state index contributed by atoms with van der Waals surface area (Å²) in [5, 5.41) is 9.05. The number of hydrogen-bond acceptors (Lipinski definition) is 4. The molecule has 3 amide bonds. The number of primary amides is 1. The van der Waals surface area contributed by atoms with Gasteiger partial charge in [0.25, 0.3) is 0 Å². The Balaban J connectivity index is 1.51. The number of carboxylic acid groups (broad SMARTS) is 1. The van der Waals surface area contributed by atoms with Crippen LogP contribution in [0.1, 0.15) is 39.9 Å². The fourth-order valence-corrected chi connectivity index (χ4v) is 4.55. The number of amides is 3. The van der Waals surface area contributed by atoms with E-state index in [-0.39, 0.29) is 23.9 Å². The van der Waals surface area contributed by atoms with E-state index in [0.717, 1.165) is 24.0 Å². The molecule has 8 heteroatoms. The van der Waals surface area contributed by atoms with Crippen molar-refractivity contribution in [3.63, 3.8) is 0 Å². The number of aromatic carboxylic acids is 1. The van der Waals surface area contributed by atoms with Crippen LogP contribution < -0.4 is 15.4 Å². The lowest BCUT2D eigenvalue weighted by molar-refractivity contribution is -0.130. The molecular formula is C30H29N3O5. The average Bonchev–Trinajstić information content (AvgIpc) is 3.38. The molecule has 1 aliphatic rings. The third-order valence-corrected chi connectivity index (χ3v) is 6.51. The summed E-state index contributed by atoms with van der Waals surface area (Å²) in [4.78, 5) is 39.8. The van der Waals surface area contributed by atoms with E-state index >= 15 is 0 Å². The molecule has 0 spiro atoms. The first kappa shape index (κ1) is 26.3. The van der Waals surface area contributed by atoms with Gasteiger partial charge in [0.2, 0.25) is 5.91 Å². The molecule has 4 rings (SSSR count). The third-order valence-electron chi connectivity index (χ3n) is 6.51. The Labute approximate surface area is 221 Å². The molecule has 1 atom stereocenters. The zero-order valence-corrected chi connectivity index (χ0v) is 21.3. The highest BCUT2D eigenvalue weighted by Gasteiger charge is 2.28. The lowest BCUT2D eigenvalue weighted by Crippen LogP contribution is -2.35. The first-order chi connectivity index (χ1) is 18.3. The number of rotatable bonds is 6. The molecule has 1 heterocycles. The number of para-hydroxylation sites is 1. The van der Waals surface area contributed by atoms with Crippen molar-refractivity contribution in [1.82, 2.24) is 4.90 Å². The van der Waals surface area contributed by atoms with Crippen LogP contribution in [0.15, 0.2) is 66.7 Å². The number of ether oxygens (including phenoxy) is 1. The van der Waals surface area contributed by atoms with E-state index in [1.807, 2.05) is 31.2 Å². The van der Waals surface area contributed by atoms with Gasteiger partial charge in [-0.05, 0) is 73.4 Å². The Kier molecular flexibility index (Phi) is 7.97. The lowest BCUT2D eigenvalue weighted by Gasteiger charge is -2.25. The van der Waals surface area contributed by atoms with Crippen molar-refractivity contribution >= 4 is 29.3 Å². The topological polar surface area (TPSA) is 113 Å². The summed E-state index contributed by atoms with van der Waals surface area (Å²) >= 11 is 0. The van der Waals surface area contributed by atoms with Crippen LogP contribution in [0.3, 0.4) is 0 Å². The summed E-state index contributed by atoms with van der Waals surface area (Å²) < 4.78 is 5.58. The monoisotopic (exact) mass is 511 g/mol. The Morgan fingerprint density at radius 2 is 1.82 bits per heavy atom. The molecule has 38 heavy (non-hydrogen) atoms. The van der Waals surface area contributed by atoms with Crippen LogP contribution in [0, 0.1) is 18.8 Å². The number of nitrogens with zero attached hydrogens (tertiary/aromatic N) is 2. The van der Waals surface area contributed by atoms with Crippen LogP contribution in [0.2, 0.25) is 0 Å². The van der Waals surface area contributed by atoms with Crippen LogP contribution >= 0.6 is 0 Å². The van der Waals surface area contributed by atoms with Gasteiger partial charge in [-0.25, -0.2) is 9.59 Å². The molecule has 1 saturated heterocycles. The molecule has 8 nitrogen and oxygen atoms in total. The molecule has 0 aliphatic carbocycles. The van der Waals surface area contributed by atoms with Crippen molar-refractivity contribution in [2.45, 2.75) is 32.2 Å². The van der Waals surface area contributed by atoms with E-state index < -0.39 is 12.0 Å². The Morgan fingerprint density at radius 3 is 2.47 bits per heavy atom. The molecule has 3 N–H and O–H groups in total. The van der Waals surface area contributed by atoms with Gasteiger partial charge in [-0.3, -0.25) is 9.69 Å². The normalized spacial score (nSPS) is 14.4. The number of methoxy groups -OCH3 is 1. The molecule has 0 radical (unpaired) electrons. The van der Waals surface area contributed by atoms with Crippen molar-refractivity contribution in [2.24, 2.45) is 5.73 Å². The molecule has 3 aromatic carbocycles. The minimum atomic E-state index is -0.987. The van der Waals surface area contributed by atoms with Gasteiger partial charge < -0.3 is 20.5 Å². The molecule has 0 saturated carbocycles. The predicted molar refractivity (Wildman–Crippen MR) is 145 cm³/mol. The number of aryl methyl sites for hydroxylation is 1. The number of nitrogens with two attached hydrogens (primary N) is 1. The summed E-state index contributed by atoms with van der Waals surface area (Å²) in [6, 6.07) is 18.2. The van der Waals surface area contributed by atoms with Gasteiger partial charge in [0.05, 0.1) is 36.5 Å². The first-order valence-corrected chi connectivity index (χ1v) is 12.2. The number of likely N-dealkylation sites (tertiary alicyclic amines) is 1. The number of benzene rings is 3. The van der Waals surface area contributed by atoms with Crippen molar-refractivity contribution in [2.75, 3.05) is 18.6 Å². The van der Waals surface area contributed by atoms with Crippen LogP contribution in [0.5, 0.6) is 5.75 Å². The van der Waals surface area contributed by atoms with Gasteiger partial charge in [-0.1, -0.05) is 36.1 Å². The second kappa shape index (κ2) is 11.5. The van der Waals surface area contributed by atoms with E-state index in [1.165, 1.54) is 24.1 Å². The average molecular weight is 512 g/mol. The van der Waals surface area contributed by atoms with Crippen LogP contribution in [-0.2, 0) is 11.2 Å². The molecule has 0 bridgehead atoms. The maximum atomic E-state index is 13.2. The smallest absolute Gasteiger partial charge is 0.335 e. The molecule has 0 aromatic heterocycles. The largest absolute Gasteiger partial charge is 0.495 e. The van der Waals surface area contributed by atoms with Gasteiger partial charge in [0.1, 0.15) is 5.75 Å². The van der Waals surface area contributed by atoms with E-state index in [0.29, 0.717) is 29.2 Å². The summed E-state index contributed by atoms with van der Waals surface area (Å²) in [5.74, 6) is 5.63. The van der Waals surface area contributed by atoms with Crippen molar-refractivity contribution < 1.29 is 24.2 Å². The Morgan fingerprint density at radius 1 is 1.08 bits per heavy atom. The molecule has 194 valence electrons. The molecule has 1 aliphatic heterocycles. The second-order valence-electron chi connectivity index (χ2n) is 9.04. The second-order valence-corrected chi connectivity index (χ2v) is 9.04. The van der Waals surface area contributed by atoms with Crippen molar-refractivity contribution in [1.29, 1.82) is 0 Å². The molecule has 1 fully saturated rings. The quantitative estimate of drug-likeness (QED) is 0.473. The fraction of sp³-hybridized carbons (Fsp3) is 0.233. The maximum Gasteiger partial charge on any atom is 0.335 e. The fourth-order valence-electron chi connectivity index (χ4n) is 4.55. The van der Waals surface area contributed by atoms with Gasteiger partial charge in [0.15, 0.2) is 0 Å². The molecule has 1 unspecified atom stereocenters. The van der Waals surface area contributed by atoms with E-state index in [2.05, 4.69) is 11.8 Å². The van der Waals surface area contributed by atoms with E-state index in [9.17, 15) is 14.4 Å². The Hall–Kier alpha value is -4.77. The maximum absolute atomic E-state index is 13.2. The summed E-state index contributed by atoms with van der Waals surface area (Å²) in [7, 11) is 1.51. The highest BCUT2D eigenvalue weighted by Crippen LogP contribution is 2.36. The zero-order valence-electron chi connectivity index (χ0n) is 21.3. The van der Waals surface area contributed by atoms with Gasteiger partial charge >= 0.3 is 12.0 Å². The summed E-state index contributed by atoms with van der Waals surface area (Å²) in [5.41, 5.74) is 9.40. The minimum absolute atomic E-state index is 0.0523. The summed E-state index contributed by atoms with van der Waals surface area (Å²) in [6.45, 7) is 2.51. The standard InChI is InChI=1S/C30H29N3O5/c1-20-6-3-4-8-25(20)33(30(31)37)26-16-12-22(18-27(26)38-2)19-28(34)32-17-5-7-24(32)15-11-21-9-13-23(14-10-21)29(35)36/h3-4,6,8-10,12-14,16,18,24H,5,7,17,19H2,1-2H3,(H2,31,37)(H,35,36). The van der Waals surface area contributed by atoms with Gasteiger partial charge in [-0.2, -0.15) is 0 Å². The third kappa shape index (κ3) is 5.79. The highest BCUT2D eigenvalue weighted by molar-refractivity contribution is 6.00. The molecule has 3 aromatic rings. The van der Waals surface area contributed by atoms with Crippen molar-refractivity contribution in [3.8, 4) is 17.6 Å². The number of anilines is 2. The zero-order chi connectivity index (χ0) is 27.2. The Bertz CT molecular complexity index is 1420. The van der Waals surface area contributed by atoms with Gasteiger partial charge in [0, 0.05) is 12.1 Å². The first-order valence-electron chi connectivity index (χ1n) is 12.2. The highest BCUT2D eigenvalue weighted by atomic mass is 16.5. The number of urea groups is 1. The number of carbonyl (C=O) groups is 3.